The van der Waals surface area contributed by atoms with Gasteiger partial charge in [0.15, 0.2) is 0 Å². The molecule has 13 heavy (non-hydrogen) atoms. The smallest absolute Gasteiger partial charge is 0.148 e. The van der Waals surface area contributed by atoms with Crippen molar-refractivity contribution in [2.24, 2.45) is 0 Å². The lowest BCUT2D eigenvalue weighted by Gasteiger charge is -2.11. The van der Waals surface area contributed by atoms with Crippen LogP contribution in [0.1, 0.15) is 19.8 Å². The third kappa shape index (κ3) is 9.79. The number of rotatable bonds is 7. The molecule has 80 valence electrons. The van der Waals surface area contributed by atoms with E-state index >= 15 is 0 Å². The maximum Gasteiger partial charge on any atom is 0.148 e. The molecule has 0 aromatic rings. The molecular weight excluding hydrogens is 190 g/mol. The zero-order valence-electron chi connectivity index (χ0n) is 8.28. The van der Waals surface area contributed by atoms with Gasteiger partial charge in [0, 0.05) is 25.4 Å². The first-order valence-electron chi connectivity index (χ1n) is 4.47. The normalized spacial score (nSPS) is 14.4. The van der Waals surface area contributed by atoms with E-state index < -0.39 is 9.84 Å². The van der Waals surface area contributed by atoms with E-state index in [0.717, 1.165) is 12.8 Å². The van der Waals surface area contributed by atoms with Gasteiger partial charge in [-0.05, 0) is 19.8 Å². The molecule has 0 saturated carbocycles. The lowest BCUT2D eigenvalue weighted by atomic mass is 10.2. The summed E-state index contributed by atoms with van der Waals surface area (Å²) in [5, 5.41) is 11.6. The average Bonchev–Trinajstić information content (AvgIpc) is 1.98. The summed E-state index contributed by atoms with van der Waals surface area (Å²) >= 11 is 0. The fourth-order valence-corrected chi connectivity index (χ4v) is 1.48. The Morgan fingerprint density at radius 2 is 2.08 bits per heavy atom. The van der Waals surface area contributed by atoms with Crippen LogP contribution >= 0.6 is 0 Å². The lowest BCUT2D eigenvalue weighted by molar-refractivity contribution is 0.277. The van der Waals surface area contributed by atoms with E-state index in [1.807, 2.05) is 6.92 Å². The number of hydrogen-bond acceptors (Lipinski definition) is 4. The van der Waals surface area contributed by atoms with Crippen LogP contribution in [0.3, 0.4) is 0 Å². The van der Waals surface area contributed by atoms with Crippen LogP contribution in [-0.2, 0) is 9.84 Å². The van der Waals surface area contributed by atoms with Gasteiger partial charge in [-0.3, -0.25) is 0 Å². The summed E-state index contributed by atoms with van der Waals surface area (Å²) in [6.45, 7) is 2.67. The molecule has 0 amide bonds. The number of aliphatic hydroxyl groups is 1. The molecule has 2 N–H and O–H groups in total. The molecule has 1 atom stereocenters. The van der Waals surface area contributed by atoms with Crippen LogP contribution in [0, 0.1) is 0 Å². The summed E-state index contributed by atoms with van der Waals surface area (Å²) in [5.41, 5.74) is 0. The second kappa shape index (κ2) is 6.34. The second-order valence-corrected chi connectivity index (χ2v) is 5.61. The van der Waals surface area contributed by atoms with Crippen molar-refractivity contribution in [1.29, 1.82) is 0 Å². The van der Waals surface area contributed by atoms with Crippen LogP contribution in [0.15, 0.2) is 0 Å². The first-order chi connectivity index (χ1) is 5.95. The van der Waals surface area contributed by atoms with Crippen LogP contribution in [0.4, 0.5) is 0 Å². The Labute approximate surface area is 80.3 Å². The average molecular weight is 209 g/mol. The third-order valence-corrected chi connectivity index (χ3v) is 2.71. The van der Waals surface area contributed by atoms with Gasteiger partial charge in [0.1, 0.15) is 9.84 Å². The molecule has 0 rings (SSSR count). The first kappa shape index (κ1) is 12.9. The summed E-state index contributed by atoms with van der Waals surface area (Å²) in [4.78, 5) is 0. The van der Waals surface area contributed by atoms with E-state index in [0.29, 0.717) is 6.54 Å². The summed E-state index contributed by atoms with van der Waals surface area (Å²) in [7, 11) is -2.85. The first-order valence-corrected chi connectivity index (χ1v) is 6.53. The van der Waals surface area contributed by atoms with Gasteiger partial charge in [0.25, 0.3) is 0 Å². The minimum Gasteiger partial charge on any atom is -0.396 e. The van der Waals surface area contributed by atoms with Crippen LogP contribution < -0.4 is 5.32 Å². The lowest BCUT2D eigenvalue weighted by Crippen LogP contribution is -2.30. The third-order valence-electron chi connectivity index (χ3n) is 1.76. The molecule has 0 aliphatic carbocycles. The van der Waals surface area contributed by atoms with Gasteiger partial charge in [-0.1, -0.05) is 0 Å². The van der Waals surface area contributed by atoms with Gasteiger partial charge in [0.2, 0.25) is 0 Å². The molecule has 1 unspecified atom stereocenters. The van der Waals surface area contributed by atoms with Crippen molar-refractivity contribution in [1.82, 2.24) is 5.32 Å². The van der Waals surface area contributed by atoms with E-state index in [1.54, 1.807) is 0 Å². The number of hydrogen-bond donors (Lipinski definition) is 2. The highest BCUT2D eigenvalue weighted by Crippen LogP contribution is 1.94. The Hall–Kier alpha value is -0.130. The zero-order valence-corrected chi connectivity index (χ0v) is 9.10. The molecular formula is C8H19NO3S. The van der Waals surface area contributed by atoms with E-state index in [4.69, 9.17) is 5.11 Å². The molecule has 0 aliphatic rings. The maximum atomic E-state index is 10.7. The highest BCUT2D eigenvalue weighted by molar-refractivity contribution is 7.90. The monoisotopic (exact) mass is 209 g/mol. The van der Waals surface area contributed by atoms with E-state index in [9.17, 15) is 8.42 Å². The molecule has 0 heterocycles. The Bertz CT molecular complexity index is 213. The van der Waals surface area contributed by atoms with Gasteiger partial charge < -0.3 is 10.4 Å². The van der Waals surface area contributed by atoms with E-state index in [2.05, 4.69) is 5.32 Å². The van der Waals surface area contributed by atoms with Crippen molar-refractivity contribution < 1.29 is 13.5 Å². The highest BCUT2D eigenvalue weighted by Gasteiger charge is 2.04. The predicted octanol–water partition coefficient (Wildman–Crippen LogP) is -0.218. The maximum absolute atomic E-state index is 10.7. The van der Waals surface area contributed by atoms with Gasteiger partial charge in [-0.25, -0.2) is 8.42 Å². The SMILES string of the molecule is CC(CCCO)NCCS(C)(=O)=O. The molecule has 0 spiro atoms. The number of nitrogens with one attached hydrogen (secondary N) is 1. The molecule has 5 heteroatoms. The molecule has 0 aliphatic heterocycles. The summed E-state index contributed by atoms with van der Waals surface area (Å²) in [6.07, 6.45) is 2.86. The Kier molecular flexibility index (Phi) is 6.28. The topological polar surface area (TPSA) is 66.4 Å². The fraction of sp³-hybridized carbons (Fsp3) is 1.00. The van der Waals surface area contributed by atoms with Crippen molar-refractivity contribution in [3.8, 4) is 0 Å². The van der Waals surface area contributed by atoms with Gasteiger partial charge in [-0.2, -0.15) is 0 Å². The van der Waals surface area contributed by atoms with Gasteiger partial charge >= 0.3 is 0 Å². The van der Waals surface area contributed by atoms with Crippen molar-refractivity contribution in [2.75, 3.05) is 25.2 Å². The molecule has 0 aromatic heterocycles. The quantitative estimate of drug-likeness (QED) is 0.608. The predicted molar refractivity (Wildman–Crippen MR) is 53.5 cm³/mol. The van der Waals surface area contributed by atoms with Crippen LogP contribution in [0.2, 0.25) is 0 Å². The number of sulfone groups is 1. The van der Waals surface area contributed by atoms with Crippen molar-refractivity contribution in [3.63, 3.8) is 0 Å². The van der Waals surface area contributed by atoms with Crippen molar-refractivity contribution in [3.05, 3.63) is 0 Å². The minimum atomic E-state index is -2.85. The Morgan fingerprint density at radius 1 is 1.46 bits per heavy atom. The molecule has 0 radical (unpaired) electrons. The van der Waals surface area contributed by atoms with Gasteiger partial charge in [-0.15, -0.1) is 0 Å². The molecule has 0 saturated heterocycles. The molecule has 0 aromatic carbocycles. The van der Waals surface area contributed by atoms with Crippen LogP contribution in [0.25, 0.3) is 0 Å². The van der Waals surface area contributed by atoms with Crippen LogP contribution in [-0.4, -0.2) is 44.7 Å². The molecule has 0 fully saturated rings. The van der Waals surface area contributed by atoms with E-state index in [1.165, 1.54) is 6.26 Å². The van der Waals surface area contributed by atoms with Gasteiger partial charge in [0.05, 0.1) is 5.75 Å². The Morgan fingerprint density at radius 3 is 2.54 bits per heavy atom. The van der Waals surface area contributed by atoms with E-state index in [-0.39, 0.29) is 18.4 Å². The summed E-state index contributed by atoms with van der Waals surface area (Å²) < 4.78 is 21.5. The fourth-order valence-electron chi connectivity index (χ4n) is 0.990. The number of aliphatic hydroxyl groups excluding tert-OH is 1. The largest absolute Gasteiger partial charge is 0.396 e. The molecule has 4 nitrogen and oxygen atoms in total. The summed E-state index contributed by atoms with van der Waals surface area (Å²) in [5.74, 6) is 0.177. The van der Waals surface area contributed by atoms with Crippen molar-refractivity contribution in [2.45, 2.75) is 25.8 Å². The second-order valence-electron chi connectivity index (χ2n) is 3.35. The standard InChI is InChI=1S/C8H19NO3S/c1-8(4-3-6-10)9-5-7-13(2,11)12/h8-10H,3-7H2,1-2H3. The zero-order chi connectivity index (χ0) is 10.3. The van der Waals surface area contributed by atoms with Crippen LogP contribution in [0.5, 0.6) is 0 Å². The summed E-state index contributed by atoms with van der Waals surface area (Å²) in [6, 6.07) is 0.272. The Balaban J connectivity index is 3.42. The highest BCUT2D eigenvalue weighted by atomic mass is 32.2. The minimum absolute atomic E-state index is 0.177. The van der Waals surface area contributed by atoms with Crippen molar-refractivity contribution >= 4 is 9.84 Å². The molecule has 0 bridgehead atoms.